The van der Waals surface area contributed by atoms with Gasteiger partial charge in [0.1, 0.15) is 5.82 Å². The number of anilines is 1. The van der Waals surface area contributed by atoms with E-state index in [0.717, 1.165) is 23.1 Å². The lowest BCUT2D eigenvalue weighted by Crippen LogP contribution is -2.29. The maximum Gasteiger partial charge on any atom is 0.127 e. The van der Waals surface area contributed by atoms with Gasteiger partial charge in [0.05, 0.1) is 6.17 Å². The number of halogens is 1. The van der Waals surface area contributed by atoms with E-state index in [0.29, 0.717) is 0 Å². The van der Waals surface area contributed by atoms with Crippen molar-refractivity contribution in [1.82, 2.24) is 4.98 Å². The van der Waals surface area contributed by atoms with Crippen molar-refractivity contribution in [2.24, 2.45) is 5.73 Å². The summed E-state index contributed by atoms with van der Waals surface area (Å²) in [6, 6.07) is 3.84. The summed E-state index contributed by atoms with van der Waals surface area (Å²) in [5, 5.41) is 3.12. The van der Waals surface area contributed by atoms with E-state index in [1.54, 1.807) is 6.20 Å². The van der Waals surface area contributed by atoms with Crippen molar-refractivity contribution in [2.75, 3.05) is 5.32 Å². The van der Waals surface area contributed by atoms with E-state index in [-0.39, 0.29) is 6.17 Å². The summed E-state index contributed by atoms with van der Waals surface area (Å²) < 4.78 is 0.974. The number of nitrogens with one attached hydrogen (secondary N) is 1. The van der Waals surface area contributed by atoms with Crippen LogP contribution in [0.2, 0.25) is 0 Å². The molecule has 4 heteroatoms. The smallest absolute Gasteiger partial charge is 0.127 e. The zero-order valence-electron chi connectivity index (χ0n) is 7.63. The average Bonchev–Trinajstić information content (AvgIpc) is 2.09. The minimum absolute atomic E-state index is 0.00123. The molecule has 0 spiro atoms. The van der Waals surface area contributed by atoms with E-state index >= 15 is 0 Å². The Balaban J connectivity index is 2.49. The molecule has 0 saturated heterocycles. The summed E-state index contributed by atoms with van der Waals surface area (Å²) in [4.78, 5) is 4.16. The molecule has 0 aliphatic rings. The monoisotopic (exact) mass is 243 g/mol. The highest BCUT2D eigenvalue weighted by Crippen LogP contribution is 2.11. The Morgan fingerprint density at radius 3 is 2.92 bits per heavy atom. The number of rotatable bonds is 4. The summed E-state index contributed by atoms with van der Waals surface area (Å²) in [7, 11) is 0. The first-order valence-corrected chi connectivity index (χ1v) is 5.15. The van der Waals surface area contributed by atoms with Gasteiger partial charge in [-0.3, -0.25) is 0 Å². The van der Waals surface area contributed by atoms with Crippen LogP contribution in [-0.4, -0.2) is 11.1 Å². The molecule has 0 bridgehead atoms. The molecule has 0 saturated carbocycles. The van der Waals surface area contributed by atoms with E-state index in [4.69, 9.17) is 5.73 Å². The zero-order chi connectivity index (χ0) is 9.68. The summed E-state index contributed by atoms with van der Waals surface area (Å²) in [5.41, 5.74) is 5.79. The molecule has 13 heavy (non-hydrogen) atoms. The molecule has 1 atom stereocenters. The van der Waals surface area contributed by atoms with Crippen molar-refractivity contribution in [3.05, 3.63) is 22.8 Å². The molecular weight excluding hydrogens is 230 g/mol. The third kappa shape index (κ3) is 3.74. The van der Waals surface area contributed by atoms with Crippen LogP contribution in [-0.2, 0) is 0 Å². The number of hydrogen-bond acceptors (Lipinski definition) is 3. The molecule has 0 amide bonds. The largest absolute Gasteiger partial charge is 0.355 e. The predicted octanol–water partition coefficient (Wildman–Crippen LogP) is 2.34. The number of pyridine rings is 1. The zero-order valence-corrected chi connectivity index (χ0v) is 9.21. The lowest BCUT2D eigenvalue weighted by Gasteiger charge is -2.12. The number of nitrogens with zero attached hydrogens (tertiary/aromatic N) is 1. The van der Waals surface area contributed by atoms with Crippen LogP contribution in [0.25, 0.3) is 0 Å². The Kier molecular flexibility index (Phi) is 4.18. The van der Waals surface area contributed by atoms with Crippen LogP contribution in [0.1, 0.15) is 19.8 Å². The quantitative estimate of drug-likeness (QED) is 0.799. The minimum atomic E-state index is -0.00123. The molecule has 3 N–H and O–H groups in total. The van der Waals surface area contributed by atoms with Crippen molar-refractivity contribution < 1.29 is 0 Å². The number of hydrogen-bond donors (Lipinski definition) is 2. The van der Waals surface area contributed by atoms with Crippen molar-refractivity contribution in [3.8, 4) is 0 Å². The van der Waals surface area contributed by atoms with Gasteiger partial charge in [0.2, 0.25) is 0 Å². The molecule has 1 aromatic rings. The highest BCUT2D eigenvalue weighted by Gasteiger charge is 2.00. The number of nitrogens with two attached hydrogens (primary N) is 1. The first-order valence-electron chi connectivity index (χ1n) is 4.36. The van der Waals surface area contributed by atoms with Gasteiger partial charge in [0.15, 0.2) is 0 Å². The van der Waals surface area contributed by atoms with Gasteiger partial charge in [-0.15, -0.1) is 0 Å². The molecule has 1 aromatic heterocycles. The molecule has 72 valence electrons. The van der Waals surface area contributed by atoms with Crippen molar-refractivity contribution in [1.29, 1.82) is 0 Å². The van der Waals surface area contributed by atoms with Gasteiger partial charge >= 0.3 is 0 Å². The van der Waals surface area contributed by atoms with Gasteiger partial charge in [0, 0.05) is 10.7 Å². The molecule has 3 nitrogen and oxygen atoms in total. The standard InChI is InChI=1S/C9H14BrN3/c1-2-3-8(11)13-9-5-4-7(10)6-12-9/h4-6,8H,2-3,11H2,1H3,(H,12,13). The van der Waals surface area contributed by atoms with Crippen LogP contribution in [0.3, 0.4) is 0 Å². The van der Waals surface area contributed by atoms with Gasteiger partial charge in [-0.05, 0) is 34.5 Å². The molecule has 0 aliphatic heterocycles. The van der Waals surface area contributed by atoms with Gasteiger partial charge in [-0.2, -0.15) is 0 Å². The van der Waals surface area contributed by atoms with Crippen molar-refractivity contribution in [3.63, 3.8) is 0 Å². The molecule has 0 aliphatic carbocycles. The van der Waals surface area contributed by atoms with Gasteiger partial charge in [-0.25, -0.2) is 4.98 Å². The third-order valence-electron chi connectivity index (χ3n) is 1.66. The minimum Gasteiger partial charge on any atom is -0.355 e. The fraction of sp³-hybridized carbons (Fsp3) is 0.444. The first kappa shape index (κ1) is 10.5. The van der Waals surface area contributed by atoms with E-state index in [2.05, 4.69) is 33.2 Å². The van der Waals surface area contributed by atoms with Crippen LogP contribution < -0.4 is 11.1 Å². The predicted molar refractivity (Wildman–Crippen MR) is 58.4 cm³/mol. The summed E-state index contributed by atoms with van der Waals surface area (Å²) >= 11 is 3.32. The molecule has 1 unspecified atom stereocenters. The van der Waals surface area contributed by atoms with Crippen LogP contribution in [0.4, 0.5) is 5.82 Å². The molecule has 0 fully saturated rings. The Hall–Kier alpha value is -0.610. The molecular formula is C9H14BrN3. The lowest BCUT2D eigenvalue weighted by molar-refractivity contribution is 0.662. The van der Waals surface area contributed by atoms with Crippen LogP contribution in [0.15, 0.2) is 22.8 Å². The second-order valence-electron chi connectivity index (χ2n) is 2.90. The average molecular weight is 244 g/mol. The summed E-state index contributed by atoms with van der Waals surface area (Å²) in [6.07, 6.45) is 3.78. The summed E-state index contributed by atoms with van der Waals surface area (Å²) in [6.45, 7) is 2.11. The maximum absolute atomic E-state index is 5.79. The van der Waals surface area contributed by atoms with Gasteiger partial charge in [-0.1, -0.05) is 13.3 Å². The molecule has 1 rings (SSSR count). The van der Waals surface area contributed by atoms with Gasteiger partial charge in [0.25, 0.3) is 0 Å². The Bertz CT molecular complexity index is 248. The van der Waals surface area contributed by atoms with Crippen molar-refractivity contribution in [2.45, 2.75) is 25.9 Å². The fourth-order valence-electron chi connectivity index (χ4n) is 1.03. The highest BCUT2D eigenvalue weighted by molar-refractivity contribution is 9.10. The van der Waals surface area contributed by atoms with Crippen LogP contribution >= 0.6 is 15.9 Å². The summed E-state index contributed by atoms with van der Waals surface area (Å²) in [5.74, 6) is 0.823. The Labute approximate surface area is 86.9 Å². The van der Waals surface area contributed by atoms with Crippen LogP contribution in [0.5, 0.6) is 0 Å². The van der Waals surface area contributed by atoms with E-state index in [1.807, 2.05) is 12.1 Å². The normalized spacial score (nSPS) is 12.5. The van der Waals surface area contributed by atoms with Crippen molar-refractivity contribution >= 4 is 21.7 Å². The van der Waals surface area contributed by atoms with Gasteiger partial charge < -0.3 is 11.1 Å². The van der Waals surface area contributed by atoms with E-state index in [1.165, 1.54) is 0 Å². The Morgan fingerprint density at radius 2 is 2.38 bits per heavy atom. The topological polar surface area (TPSA) is 50.9 Å². The van der Waals surface area contributed by atoms with E-state index in [9.17, 15) is 0 Å². The third-order valence-corrected chi connectivity index (χ3v) is 2.13. The number of aromatic nitrogens is 1. The molecule has 1 heterocycles. The van der Waals surface area contributed by atoms with E-state index < -0.39 is 0 Å². The molecule has 0 aromatic carbocycles. The lowest BCUT2D eigenvalue weighted by atomic mass is 10.3. The fourth-order valence-corrected chi connectivity index (χ4v) is 1.27. The second-order valence-corrected chi connectivity index (χ2v) is 3.82. The Morgan fingerprint density at radius 1 is 1.62 bits per heavy atom. The maximum atomic E-state index is 5.79. The SMILES string of the molecule is CCCC(N)Nc1ccc(Br)cn1. The second kappa shape index (κ2) is 5.19. The first-order chi connectivity index (χ1) is 6.22. The van der Waals surface area contributed by atoms with Crippen LogP contribution in [0, 0.1) is 0 Å². The highest BCUT2D eigenvalue weighted by atomic mass is 79.9. The molecule has 0 radical (unpaired) electrons.